The van der Waals surface area contributed by atoms with Gasteiger partial charge >= 0.3 is 5.97 Å². The predicted octanol–water partition coefficient (Wildman–Crippen LogP) is 4.74. The first-order valence-electron chi connectivity index (χ1n) is 10.7. The van der Waals surface area contributed by atoms with E-state index in [1.165, 1.54) is 33.1 Å². The first kappa shape index (κ1) is 24.7. The van der Waals surface area contributed by atoms with Crippen LogP contribution in [0.4, 0.5) is 5.82 Å². The second kappa shape index (κ2) is 10.5. The van der Waals surface area contributed by atoms with Crippen molar-refractivity contribution in [1.29, 1.82) is 0 Å². The highest BCUT2D eigenvalue weighted by molar-refractivity contribution is 7.98. The lowest BCUT2D eigenvalue weighted by molar-refractivity contribution is -0.136. The van der Waals surface area contributed by atoms with E-state index in [1.807, 2.05) is 24.3 Å². The van der Waals surface area contributed by atoms with E-state index in [2.05, 4.69) is 15.3 Å². The molecule has 0 aliphatic carbocycles. The molecule has 1 aromatic heterocycles. The number of aromatic nitrogens is 2. The minimum Gasteiger partial charge on any atom is -0.493 e. The molecule has 10 heteroatoms. The van der Waals surface area contributed by atoms with Gasteiger partial charge in [0, 0.05) is 16.5 Å². The lowest BCUT2D eigenvalue weighted by Gasteiger charge is -2.29. The molecule has 0 spiro atoms. The van der Waals surface area contributed by atoms with Crippen LogP contribution in [0.3, 0.4) is 0 Å². The molecule has 182 valence electrons. The topological polar surface area (TPSA) is 103 Å². The van der Waals surface area contributed by atoms with E-state index in [1.54, 1.807) is 25.1 Å². The standard InChI is InChI=1S/C25H24ClN3O5S/c1-13-19(24(31)34-4)20(14-9-10-17(32-2)18(11-14)33-3)21-22(27-13)28-25(29-23(21)30)35-12-15-7-5-6-8-16(15)26/h5-11,20H,12H2,1-4H3,(H2,27,28,29,30). The maximum Gasteiger partial charge on any atom is 0.336 e. The maximum absolute atomic E-state index is 13.4. The van der Waals surface area contributed by atoms with Crippen molar-refractivity contribution in [2.24, 2.45) is 0 Å². The summed E-state index contributed by atoms with van der Waals surface area (Å²) in [6.45, 7) is 1.75. The van der Waals surface area contributed by atoms with E-state index >= 15 is 0 Å². The molecule has 1 aliphatic heterocycles. The third kappa shape index (κ3) is 4.87. The zero-order valence-electron chi connectivity index (χ0n) is 19.6. The lowest BCUT2D eigenvalue weighted by atomic mass is 9.82. The Balaban J connectivity index is 1.80. The largest absolute Gasteiger partial charge is 0.493 e. The molecule has 3 aromatic rings. The van der Waals surface area contributed by atoms with Crippen LogP contribution in [-0.4, -0.2) is 37.3 Å². The number of thioether (sulfide) groups is 1. The van der Waals surface area contributed by atoms with Gasteiger partial charge in [0.1, 0.15) is 5.82 Å². The molecule has 0 saturated heterocycles. The summed E-state index contributed by atoms with van der Waals surface area (Å²) in [6, 6.07) is 12.8. The van der Waals surface area contributed by atoms with Crippen molar-refractivity contribution >= 4 is 35.1 Å². The maximum atomic E-state index is 13.4. The number of hydrogen-bond donors (Lipinski definition) is 2. The van der Waals surface area contributed by atoms with Gasteiger partial charge in [-0.2, -0.15) is 0 Å². The van der Waals surface area contributed by atoms with Gasteiger partial charge in [0.2, 0.25) is 0 Å². The van der Waals surface area contributed by atoms with Gasteiger partial charge in [-0.15, -0.1) is 0 Å². The van der Waals surface area contributed by atoms with Crippen LogP contribution < -0.4 is 20.3 Å². The van der Waals surface area contributed by atoms with Crippen molar-refractivity contribution in [3.8, 4) is 11.5 Å². The SMILES string of the molecule is COC(=O)C1=C(C)Nc2nc(SCc3ccccc3Cl)[nH]c(=O)c2C1c1ccc(OC)c(OC)c1. The Morgan fingerprint density at radius 3 is 2.54 bits per heavy atom. The number of anilines is 1. The number of benzene rings is 2. The molecular formula is C25H24ClN3O5S. The number of methoxy groups -OCH3 is 3. The molecular weight excluding hydrogens is 490 g/mol. The number of esters is 1. The Morgan fingerprint density at radius 2 is 1.86 bits per heavy atom. The van der Waals surface area contributed by atoms with E-state index in [4.69, 9.17) is 25.8 Å². The Bertz CT molecular complexity index is 1370. The molecule has 2 heterocycles. The number of nitrogens with one attached hydrogen (secondary N) is 2. The monoisotopic (exact) mass is 513 g/mol. The summed E-state index contributed by atoms with van der Waals surface area (Å²) in [4.78, 5) is 33.7. The molecule has 2 N–H and O–H groups in total. The van der Waals surface area contributed by atoms with Crippen molar-refractivity contribution in [3.05, 3.63) is 85.8 Å². The zero-order valence-corrected chi connectivity index (χ0v) is 21.2. The minimum absolute atomic E-state index is 0.310. The third-order valence-corrected chi connectivity index (χ3v) is 6.98. The normalized spacial score (nSPS) is 14.7. The molecule has 1 unspecified atom stereocenters. The summed E-state index contributed by atoms with van der Waals surface area (Å²) in [7, 11) is 4.37. The Labute approximate surface area is 211 Å². The highest BCUT2D eigenvalue weighted by Gasteiger charge is 2.36. The van der Waals surface area contributed by atoms with Crippen LogP contribution in [-0.2, 0) is 15.3 Å². The molecule has 0 saturated carbocycles. The number of nitrogens with zero attached hydrogens (tertiary/aromatic N) is 1. The second-order valence-corrected chi connectivity index (χ2v) is 9.09. The summed E-state index contributed by atoms with van der Waals surface area (Å²) in [5.74, 6) is 0.644. The average molecular weight is 514 g/mol. The van der Waals surface area contributed by atoms with Crippen LogP contribution in [0.5, 0.6) is 11.5 Å². The van der Waals surface area contributed by atoms with Crippen molar-refractivity contribution in [2.45, 2.75) is 23.8 Å². The fourth-order valence-electron chi connectivity index (χ4n) is 4.01. The van der Waals surface area contributed by atoms with Gasteiger partial charge in [-0.25, -0.2) is 9.78 Å². The zero-order chi connectivity index (χ0) is 25.1. The summed E-state index contributed by atoms with van der Waals surface area (Å²) in [5.41, 5.74) is 2.40. The van der Waals surface area contributed by atoms with Crippen molar-refractivity contribution in [3.63, 3.8) is 0 Å². The summed E-state index contributed by atoms with van der Waals surface area (Å²) in [6.07, 6.45) is 0. The van der Waals surface area contributed by atoms with Crippen LogP contribution in [0.1, 0.15) is 29.5 Å². The van der Waals surface area contributed by atoms with Gasteiger partial charge in [0.05, 0.1) is 38.4 Å². The van der Waals surface area contributed by atoms with Crippen LogP contribution in [0.15, 0.2) is 63.7 Å². The van der Waals surface area contributed by atoms with E-state index in [0.29, 0.717) is 55.6 Å². The molecule has 0 fully saturated rings. The van der Waals surface area contributed by atoms with E-state index in [9.17, 15) is 9.59 Å². The number of carbonyl (C=O) groups excluding carboxylic acids is 1. The fourth-order valence-corrected chi connectivity index (χ4v) is 5.15. The number of allylic oxidation sites excluding steroid dienone is 1. The smallest absolute Gasteiger partial charge is 0.336 e. The van der Waals surface area contributed by atoms with Crippen molar-refractivity contribution in [1.82, 2.24) is 9.97 Å². The molecule has 0 radical (unpaired) electrons. The van der Waals surface area contributed by atoms with Gasteiger partial charge in [0.25, 0.3) is 5.56 Å². The highest BCUT2D eigenvalue weighted by Crippen LogP contribution is 2.42. The van der Waals surface area contributed by atoms with E-state index in [-0.39, 0.29) is 5.56 Å². The number of aromatic amines is 1. The summed E-state index contributed by atoms with van der Waals surface area (Å²) in [5, 5.41) is 4.20. The van der Waals surface area contributed by atoms with Gasteiger partial charge < -0.3 is 24.5 Å². The van der Waals surface area contributed by atoms with Crippen LogP contribution >= 0.6 is 23.4 Å². The molecule has 1 atom stereocenters. The summed E-state index contributed by atoms with van der Waals surface area (Å²) < 4.78 is 15.8. The molecule has 0 amide bonds. The molecule has 8 nitrogen and oxygen atoms in total. The van der Waals surface area contributed by atoms with Crippen LogP contribution in [0.25, 0.3) is 0 Å². The molecule has 1 aliphatic rings. The van der Waals surface area contributed by atoms with E-state index < -0.39 is 11.9 Å². The number of halogens is 1. The number of ether oxygens (including phenoxy) is 3. The number of carbonyl (C=O) groups is 1. The fraction of sp³-hybridized carbons (Fsp3) is 0.240. The first-order chi connectivity index (χ1) is 16.9. The van der Waals surface area contributed by atoms with Crippen molar-refractivity contribution < 1.29 is 19.0 Å². The average Bonchev–Trinajstić information content (AvgIpc) is 2.86. The Hall–Kier alpha value is -3.43. The minimum atomic E-state index is -0.725. The number of rotatable bonds is 7. The number of fused-ring (bicyclic) bond motifs is 1. The first-order valence-corrected chi connectivity index (χ1v) is 12.0. The third-order valence-electron chi connectivity index (χ3n) is 5.69. The molecule has 0 bridgehead atoms. The van der Waals surface area contributed by atoms with Gasteiger partial charge in [-0.3, -0.25) is 4.79 Å². The van der Waals surface area contributed by atoms with Crippen molar-refractivity contribution in [2.75, 3.05) is 26.6 Å². The Kier molecular flexibility index (Phi) is 7.37. The lowest BCUT2D eigenvalue weighted by Crippen LogP contribution is -2.31. The van der Waals surface area contributed by atoms with Gasteiger partial charge in [-0.05, 0) is 36.2 Å². The Morgan fingerprint density at radius 1 is 1.11 bits per heavy atom. The molecule has 2 aromatic carbocycles. The molecule has 35 heavy (non-hydrogen) atoms. The quantitative estimate of drug-likeness (QED) is 0.265. The van der Waals surface area contributed by atoms with Crippen LogP contribution in [0.2, 0.25) is 5.02 Å². The number of H-pyrrole nitrogens is 1. The predicted molar refractivity (Wildman–Crippen MR) is 136 cm³/mol. The summed E-state index contributed by atoms with van der Waals surface area (Å²) >= 11 is 7.62. The van der Waals surface area contributed by atoms with E-state index in [0.717, 1.165) is 5.56 Å². The van der Waals surface area contributed by atoms with Gasteiger partial charge in [0.15, 0.2) is 16.7 Å². The molecule has 4 rings (SSSR count). The van der Waals surface area contributed by atoms with Crippen LogP contribution in [0, 0.1) is 0 Å². The number of hydrogen-bond acceptors (Lipinski definition) is 8. The second-order valence-electron chi connectivity index (χ2n) is 7.72. The highest BCUT2D eigenvalue weighted by atomic mass is 35.5. The van der Waals surface area contributed by atoms with Gasteiger partial charge in [-0.1, -0.05) is 47.6 Å².